The average molecular weight is 434 g/mol. The van der Waals surface area contributed by atoms with E-state index in [9.17, 15) is 9.59 Å². The van der Waals surface area contributed by atoms with E-state index in [-0.39, 0.29) is 49.6 Å². The van der Waals surface area contributed by atoms with E-state index in [0.717, 1.165) is 0 Å². The molecule has 0 aliphatic rings. The molecule has 0 saturated heterocycles. The molecule has 150 valence electrons. The van der Waals surface area contributed by atoms with E-state index >= 15 is 0 Å². The first-order valence-electron chi connectivity index (χ1n) is 8.50. The van der Waals surface area contributed by atoms with Crippen molar-refractivity contribution in [1.82, 2.24) is 15.3 Å². The number of nitrogens with zero attached hydrogens (tertiary/aromatic N) is 2. The molecule has 0 radical (unpaired) electrons. The van der Waals surface area contributed by atoms with Crippen LogP contribution in [0.1, 0.15) is 27.6 Å². The van der Waals surface area contributed by atoms with E-state index in [0.29, 0.717) is 11.9 Å². The van der Waals surface area contributed by atoms with Crippen molar-refractivity contribution < 1.29 is 14.3 Å². The number of anilines is 1. The number of primary amides is 1. The summed E-state index contributed by atoms with van der Waals surface area (Å²) in [5.41, 5.74) is 12.2. The fourth-order valence-corrected chi connectivity index (χ4v) is 3.54. The highest BCUT2D eigenvalue weighted by atomic mass is 35.5. The van der Waals surface area contributed by atoms with Crippen molar-refractivity contribution in [3.8, 4) is 17.1 Å². The molecule has 0 unspecified atom stereocenters. The number of nitrogens with two attached hydrogens (primary N) is 2. The molecule has 8 nitrogen and oxygen atoms in total. The molecular formula is C19H17Cl2N5O3. The number of nitrogen functional groups attached to an aromatic ring is 1. The minimum atomic E-state index is -0.675. The predicted octanol–water partition coefficient (Wildman–Crippen LogP) is 3.04. The number of hydrogen-bond acceptors (Lipinski definition) is 6. The van der Waals surface area contributed by atoms with Crippen LogP contribution in [0.25, 0.3) is 22.3 Å². The summed E-state index contributed by atoms with van der Waals surface area (Å²) in [5, 5.41) is 3.24. The highest BCUT2D eigenvalue weighted by molar-refractivity contribution is 6.42. The number of para-hydroxylation sites is 1. The lowest BCUT2D eigenvalue weighted by molar-refractivity contribution is 0.0954. The maximum Gasteiger partial charge on any atom is 0.252 e. The van der Waals surface area contributed by atoms with Crippen molar-refractivity contribution in [3.05, 3.63) is 45.4 Å². The highest BCUT2D eigenvalue weighted by Crippen LogP contribution is 2.42. The Morgan fingerprint density at radius 2 is 1.90 bits per heavy atom. The molecule has 0 spiro atoms. The van der Waals surface area contributed by atoms with Gasteiger partial charge < -0.3 is 21.5 Å². The molecule has 2 amide bonds. The van der Waals surface area contributed by atoms with Crippen LogP contribution in [0.5, 0.6) is 5.75 Å². The molecule has 3 rings (SSSR count). The van der Waals surface area contributed by atoms with Gasteiger partial charge >= 0.3 is 0 Å². The van der Waals surface area contributed by atoms with Gasteiger partial charge in [-0.15, -0.1) is 0 Å². The van der Waals surface area contributed by atoms with Gasteiger partial charge in [0.15, 0.2) is 5.82 Å². The van der Waals surface area contributed by atoms with Crippen LogP contribution in [-0.4, -0.2) is 35.4 Å². The molecule has 1 aromatic heterocycles. The van der Waals surface area contributed by atoms with Gasteiger partial charge in [0.25, 0.3) is 11.8 Å². The van der Waals surface area contributed by atoms with Gasteiger partial charge in [0.1, 0.15) is 11.6 Å². The second kappa shape index (κ2) is 8.10. The van der Waals surface area contributed by atoms with Crippen molar-refractivity contribution in [2.45, 2.75) is 6.92 Å². The molecule has 0 bridgehead atoms. The second-order valence-electron chi connectivity index (χ2n) is 5.99. The summed E-state index contributed by atoms with van der Waals surface area (Å²) in [6, 6.07) is 6.24. The number of halogens is 2. The molecule has 2 aromatic carbocycles. The topological polar surface area (TPSA) is 133 Å². The molecule has 0 fully saturated rings. The van der Waals surface area contributed by atoms with Crippen LogP contribution in [0, 0.1) is 0 Å². The normalized spacial score (nSPS) is 10.8. The number of rotatable bonds is 5. The Bertz CT molecular complexity index is 1150. The molecule has 29 heavy (non-hydrogen) atoms. The first-order chi connectivity index (χ1) is 13.8. The third kappa shape index (κ3) is 3.64. The minimum Gasteiger partial charge on any atom is -0.495 e. The van der Waals surface area contributed by atoms with Crippen LogP contribution in [0.15, 0.2) is 24.3 Å². The zero-order valence-electron chi connectivity index (χ0n) is 15.5. The van der Waals surface area contributed by atoms with Crippen LogP contribution >= 0.6 is 23.2 Å². The van der Waals surface area contributed by atoms with Crippen molar-refractivity contribution in [1.29, 1.82) is 0 Å². The number of aromatic nitrogens is 2. The smallest absolute Gasteiger partial charge is 0.252 e. The zero-order chi connectivity index (χ0) is 21.3. The first-order valence-corrected chi connectivity index (χ1v) is 9.26. The molecular weight excluding hydrogens is 417 g/mol. The van der Waals surface area contributed by atoms with Crippen molar-refractivity contribution in [2.24, 2.45) is 5.73 Å². The summed E-state index contributed by atoms with van der Waals surface area (Å²) in [6.45, 7) is 2.18. The Balaban J connectivity index is 2.37. The predicted molar refractivity (Wildman–Crippen MR) is 112 cm³/mol. The van der Waals surface area contributed by atoms with Crippen LogP contribution in [0.2, 0.25) is 10.0 Å². The summed E-state index contributed by atoms with van der Waals surface area (Å²) in [7, 11) is 1.40. The molecule has 1 heterocycles. The number of fused-ring (bicyclic) bond motifs is 1. The van der Waals surface area contributed by atoms with E-state index in [1.807, 2.05) is 0 Å². The molecule has 0 aliphatic carbocycles. The van der Waals surface area contributed by atoms with Crippen molar-refractivity contribution in [2.75, 3.05) is 19.4 Å². The van der Waals surface area contributed by atoms with Crippen LogP contribution in [-0.2, 0) is 0 Å². The number of methoxy groups -OCH3 is 1. The summed E-state index contributed by atoms with van der Waals surface area (Å²) in [4.78, 5) is 32.9. The SMILES string of the molecule is CCNC(=O)c1cc(OC)c(Cl)c(-c2nc(N)c3cccc(C(N)=O)c3n2)c1Cl. The number of hydrogen-bond donors (Lipinski definition) is 3. The lowest BCUT2D eigenvalue weighted by atomic mass is 10.1. The fourth-order valence-electron chi connectivity index (χ4n) is 2.86. The molecule has 0 atom stereocenters. The van der Waals surface area contributed by atoms with Gasteiger partial charge in [-0.25, -0.2) is 9.97 Å². The maximum atomic E-state index is 12.4. The second-order valence-corrected chi connectivity index (χ2v) is 6.74. The van der Waals surface area contributed by atoms with E-state index < -0.39 is 11.8 Å². The maximum absolute atomic E-state index is 12.4. The largest absolute Gasteiger partial charge is 0.495 e. The van der Waals surface area contributed by atoms with Gasteiger partial charge in [-0.2, -0.15) is 0 Å². The van der Waals surface area contributed by atoms with Crippen LogP contribution < -0.4 is 21.5 Å². The summed E-state index contributed by atoms with van der Waals surface area (Å²) >= 11 is 13.0. The molecule has 0 saturated carbocycles. The number of nitrogens with one attached hydrogen (secondary N) is 1. The van der Waals surface area contributed by atoms with Gasteiger partial charge in [-0.1, -0.05) is 29.3 Å². The Morgan fingerprint density at radius 3 is 2.52 bits per heavy atom. The Morgan fingerprint density at radius 1 is 1.17 bits per heavy atom. The van der Waals surface area contributed by atoms with E-state index in [1.54, 1.807) is 19.1 Å². The number of carbonyl (C=O) groups is 2. The van der Waals surface area contributed by atoms with Crippen LogP contribution in [0.4, 0.5) is 5.82 Å². The number of benzene rings is 2. The lowest BCUT2D eigenvalue weighted by Gasteiger charge is -2.15. The summed E-state index contributed by atoms with van der Waals surface area (Å²) in [6.07, 6.45) is 0. The van der Waals surface area contributed by atoms with Gasteiger partial charge in [0, 0.05) is 11.9 Å². The van der Waals surface area contributed by atoms with Gasteiger partial charge in [0.2, 0.25) is 0 Å². The number of amides is 2. The quantitative estimate of drug-likeness (QED) is 0.565. The van der Waals surface area contributed by atoms with Gasteiger partial charge in [0.05, 0.1) is 39.4 Å². The number of ether oxygens (including phenoxy) is 1. The van der Waals surface area contributed by atoms with Gasteiger partial charge in [-0.05, 0) is 25.1 Å². The van der Waals surface area contributed by atoms with E-state index in [2.05, 4.69) is 15.3 Å². The monoisotopic (exact) mass is 433 g/mol. The third-order valence-electron chi connectivity index (χ3n) is 4.21. The summed E-state index contributed by atoms with van der Waals surface area (Å²) in [5.74, 6) is -0.755. The standard InChI is InChI=1S/C19H17Cl2N5O3/c1-3-24-19(28)10-7-11(29-2)14(21)12(13(10)20)18-25-15-8(16(22)26-18)5-4-6-9(15)17(23)27/h4-7H,3H2,1-2H3,(H2,23,27)(H,24,28)(H2,22,25,26). The van der Waals surface area contributed by atoms with Crippen LogP contribution in [0.3, 0.4) is 0 Å². The number of carbonyl (C=O) groups excluding carboxylic acids is 2. The highest BCUT2D eigenvalue weighted by Gasteiger charge is 2.24. The summed E-state index contributed by atoms with van der Waals surface area (Å²) < 4.78 is 5.28. The fraction of sp³-hybridized carbons (Fsp3) is 0.158. The van der Waals surface area contributed by atoms with E-state index in [1.165, 1.54) is 19.2 Å². The Labute approximate surface area is 176 Å². The van der Waals surface area contributed by atoms with Crippen molar-refractivity contribution in [3.63, 3.8) is 0 Å². The average Bonchev–Trinajstić information content (AvgIpc) is 2.68. The van der Waals surface area contributed by atoms with Crippen molar-refractivity contribution >= 4 is 51.7 Å². The minimum absolute atomic E-state index is 0.0251. The molecule has 0 aliphatic heterocycles. The molecule has 10 heteroatoms. The van der Waals surface area contributed by atoms with Gasteiger partial charge in [-0.3, -0.25) is 9.59 Å². The third-order valence-corrected chi connectivity index (χ3v) is 4.98. The Kier molecular flexibility index (Phi) is 5.76. The lowest BCUT2D eigenvalue weighted by Crippen LogP contribution is -2.23. The molecule has 5 N–H and O–H groups in total. The van der Waals surface area contributed by atoms with E-state index in [4.69, 9.17) is 39.4 Å². The molecule has 3 aromatic rings. The zero-order valence-corrected chi connectivity index (χ0v) is 17.1. The first kappa shape index (κ1) is 20.6. The Hall–Kier alpha value is -3.10.